The molecule has 0 aliphatic carbocycles. The van der Waals surface area contributed by atoms with Crippen molar-refractivity contribution in [1.82, 2.24) is 4.98 Å². The van der Waals surface area contributed by atoms with Gasteiger partial charge in [0.15, 0.2) is 0 Å². The summed E-state index contributed by atoms with van der Waals surface area (Å²) in [6, 6.07) is 1.08. The molecule has 0 amide bonds. The second kappa shape index (κ2) is 5.44. The van der Waals surface area contributed by atoms with Crippen LogP contribution in [0, 0.1) is 10.1 Å². The molecule has 1 rings (SSSR count). The molecule has 6 nitrogen and oxygen atoms in total. The van der Waals surface area contributed by atoms with Crippen molar-refractivity contribution in [3.05, 3.63) is 33.1 Å². The molecule has 0 fully saturated rings. The Kier molecular flexibility index (Phi) is 4.48. The molecule has 0 radical (unpaired) electrons. The van der Waals surface area contributed by atoms with E-state index in [4.69, 9.17) is 11.6 Å². The first kappa shape index (κ1) is 13.2. The molecule has 16 heavy (non-hydrogen) atoms. The number of hydrogen-bond donors (Lipinski definition) is 3. The van der Waals surface area contributed by atoms with Gasteiger partial charge < -0.3 is 10.2 Å². The van der Waals surface area contributed by atoms with Crippen molar-refractivity contribution in [2.45, 2.75) is 12.2 Å². The summed E-state index contributed by atoms with van der Waals surface area (Å²) in [5.41, 5.74) is -0.290. The minimum absolute atomic E-state index is 0.000186. The Morgan fingerprint density at radius 3 is 2.75 bits per heavy atom. The summed E-state index contributed by atoms with van der Waals surface area (Å²) in [4.78, 5) is 13.4. The number of thiol groups is 1. The van der Waals surface area contributed by atoms with Crippen LogP contribution in [0.2, 0.25) is 5.15 Å². The number of rotatable bonds is 4. The van der Waals surface area contributed by atoms with E-state index in [1.54, 1.807) is 0 Å². The second-order valence-corrected chi connectivity index (χ2v) is 3.75. The van der Waals surface area contributed by atoms with E-state index in [9.17, 15) is 20.3 Å². The smallest absolute Gasteiger partial charge is 0.288 e. The van der Waals surface area contributed by atoms with Crippen LogP contribution < -0.4 is 0 Å². The van der Waals surface area contributed by atoms with E-state index in [-0.39, 0.29) is 22.2 Å². The molecule has 1 aromatic rings. The van der Waals surface area contributed by atoms with Gasteiger partial charge in [0.25, 0.3) is 5.69 Å². The minimum Gasteiger partial charge on any atom is -0.389 e. The van der Waals surface area contributed by atoms with E-state index in [2.05, 4.69) is 17.6 Å². The van der Waals surface area contributed by atoms with Gasteiger partial charge >= 0.3 is 0 Å². The molecular formula is C8H9ClN2O4S. The molecule has 8 heteroatoms. The largest absolute Gasteiger partial charge is 0.389 e. The third-order valence-corrected chi connectivity index (χ3v) is 2.62. The van der Waals surface area contributed by atoms with Gasteiger partial charge in [-0.3, -0.25) is 10.1 Å². The van der Waals surface area contributed by atoms with Crippen LogP contribution in [0.1, 0.15) is 11.7 Å². The lowest BCUT2D eigenvalue weighted by Crippen LogP contribution is -2.20. The highest BCUT2D eigenvalue weighted by atomic mass is 35.5. The molecule has 0 saturated carbocycles. The van der Waals surface area contributed by atoms with Gasteiger partial charge in [-0.2, -0.15) is 12.6 Å². The number of nitrogens with zero attached hydrogens (tertiary/aromatic N) is 2. The summed E-state index contributed by atoms with van der Waals surface area (Å²) in [6.07, 6.45) is -1.53. The molecule has 2 atom stereocenters. The van der Waals surface area contributed by atoms with Crippen LogP contribution in [0.3, 0.4) is 0 Å². The summed E-state index contributed by atoms with van der Waals surface area (Å²) in [6.45, 7) is 0. The number of aliphatic hydroxyl groups excluding tert-OH is 2. The number of aliphatic hydroxyl groups is 2. The topological polar surface area (TPSA) is 96.5 Å². The van der Waals surface area contributed by atoms with Crippen molar-refractivity contribution in [3.63, 3.8) is 0 Å². The van der Waals surface area contributed by atoms with Crippen LogP contribution in [-0.4, -0.2) is 32.0 Å². The van der Waals surface area contributed by atoms with Gasteiger partial charge in [0.05, 0.1) is 11.0 Å². The standard InChI is InChI=1S/C8H9ClN2O4S/c9-8-5(7(13)6(12)3-16)1-4(2-10-8)11(14)15/h1-2,6-7,12-13,16H,3H2. The van der Waals surface area contributed by atoms with E-state index in [0.29, 0.717) is 0 Å². The highest BCUT2D eigenvalue weighted by Crippen LogP contribution is 2.27. The Hall–Kier alpha value is -0.890. The average Bonchev–Trinajstić information content (AvgIpc) is 2.27. The van der Waals surface area contributed by atoms with Crippen molar-refractivity contribution < 1.29 is 15.1 Å². The Morgan fingerprint density at radius 1 is 1.62 bits per heavy atom. The van der Waals surface area contributed by atoms with E-state index in [1.807, 2.05) is 0 Å². The van der Waals surface area contributed by atoms with Crippen molar-refractivity contribution in [1.29, 1.82) is 0 Å². The Labute approximate surface area is 101 Å². The van der Waals surface area contributed by atoms with Crippen molar-refractivity contribution in [2.24, 2.45) is 0 Å². The zero-order chi connectivity index (χ0) is 12.3. The van der Waals surface area contributed by atoms with Gasteiger partial charge in [-0.05, 0) is 0 Å². The van der Waals surface area contributed by atoms with Crippen LogP contribution in [0.15, 0.2) is 12.3 Å². The molecule has 0 aromatic carbocycles. The molecule has 0 aliphatic rings. The molecule has 2 unspecified atom stereocenters. The predicted octanol–water partition coefficient (Wildman–Crippen LogP) is 0.967. The second-order valence-electron chi connectivity index (χ2n) is 3.03. The summed E-state index contributed by atoms with van der Waals surface area (Å²) in [5.74, 6) is 0.000186. The molecule has 0 bridgehead atoms. The first-order valence-corrected chi connectivity index (χ1v) is 5.25. The minimum atomic E-state index is -1.35. The molecule has 1 heterocycles. The molecule has 0 aliphatic heterocycles. The zero-order valence-electron chi connectivity index (χ0n) is 7.95. The van der Waals surface area contributed by atoms with E-state index in [1.165, 1.54) is 0 Å². The molecule has 88 valence electrons. The van der Waals surface area contributed by atoms with Gasteiger partial charge in [-0.15, -0.1) is 0 Å². The first-order valence-electron chi connectivity index (χ1n) is 4.24. The quantitative estimate of drug-likeness (QED) is 0.326. The molecule has 2 N–H and O–H groups in total. The van der Waals surface area contributed by atoms with Crippen LogP contribution in [0.5, 0.6) is 0 Å². The SMILES string of the molecule is O=[N+]([O-])c1cnc(Cl)c(C(O)C(O)CS)c1. The predicted molar refractivity (Wildman–Crippen MR) is 60.7 cm³/mol. The van der Waals surface area contributed by atoms with Crippen LogP contribution in [0.25, 0.3) is 0 Å². The van der Waals surface area contributed by atoms with Crippen molar-refractivity contribution in [2.75, 3.05) is 5.75 Å². The molecule has 0 spiro atoms. The maximum Gasteiger partial charge on any atom is 0.288 e. The average molecular weight is 265 g/mol. The number of nitro groups is 1. The number of pyridine rings is 1. The molecular weight excluding hydrogens is 256 g/mol. The Bertz CT molecular complexity index is 404. The highest BCUT2D eigenvalue weighted by molar-refractivity contribution is 7.80. The monoisotopic (exact) mass is 264 g/mol. The number of aromatic nitrogens is 1. The van der Waals surface area contributed by atoms with E-state index in [0.717, 1.165) is 12.3 Å². The fraction of sp³-hybridized carbons (Fsp3) is 0.375. The van der Waals surface area contributed by atoms with Crippen LogP contribution >= 0.6 is 24.2 Å². The van der Waals surface area contributed by atoms with E-state index >= 15 is 0 Å². The zero-order valence-corrected chi connectivity index (χ0v) is 9.60. The number of halogens is 1. The van der Waals surface area contributed by atoms with Gasteiger partial charge in [0, 0.05) is 17.4 Å². The van der Waals surface area contributed by atoms with Crippen LogP contribution in [-0.2, 0) is 0 Å². The van der Waals surface area contributed by atoms with Gasteiger partial charge in [0.2, 0.25) is 0 Å². The maximum atomic E-state index is 10.5. The van der Waals surface area contributed by atoms with Gasteiger partial charge in [0.1, 0.15) is 17.5 Å². The number of hydrogen-bond acceptors (Lipinski definition) is 6. The molecule has 1 aromatic heterocycles. The summed E-state index contributed by atoms with van der Waals surface area (Å²) in [5, 5.41) is 29.4. The fourth-order valence-corrected chi connectivity index (χ4v) is 1.48. The summed E-state index contributed by atoms with van der Waals surface area (Å²) >= 11 is 9.47. The highest BCUT2D eigenvalue weighted by Gasteiger charge is 2.22. The van der Waals surface area contributed by atoms with Gasteiger partial charge in [-0.25, -0.2) is 4.98 Å². The fourth-order valence-electron chi connectivity index (χ4n) is 1.07. The third kappa shape index (κ3) is 2.82. The molecule has 0 saturated heterocycles. The summed E-state index contributed by atoms with van der Waals surface area (Å²) < 4.78 is 0. The third-order valence-electron chi connectivity index (χ3n) is 1.93. The summed E-state index contributed by atoms with van der Waals surface area (Å²) in [7, 11) is 0. The first-order chi connectivity index (χ1) is 7.47. The van der Waals surface area contributed by atoms with Crippen molar-refractivity contribution >= 4 is 29.9 Å². The Morgan fingerprint density at radius 2 is 2.25 bits per heavy atom. The maximum absolute atomic E-state index is 10.5. The lowest BCUT2D eigenvalue weighted by Gasteiger charge is -2.16. The van der Waals surface area contributed by atoms with Crippen molar-refractivity contribution in [3.8, 4) is 0 Å². The lowest BCUT2D eigenvalue weighted by atomic mass is 10.1. The van der Waals surface area contributed by atoms with Crippen LogP contribution in [0.4, 0.5) is 5.69 Å². The Balaban J connectivity index is 3.11. The lowest BCUT2D eigenvalue weighted by molar-refractivity contribution is -0.385. The van der Waals surface area contributed by atoms with Gasteiger partial charge in [-0.1, -0.05) is 11.6 Å². The van der Waals surface area contributed by atoms with E-state index < -0.39 is 17.1 Å². The normalized spacial score (nSPS) is 14.5.